The summed E-state index contributed by atoms with van der Waals surface area (Å²) < 4.78 is 4.65. The van der Waals surface area contributed by atoms with Crippen LogP contribution in [0.4, 0.5) is 0 Å². The van der Waals surface area contributed by atoms with Crippen LogP contribution in [-0.4, -0.2) is 27.0 Å². The lowest BCUT2D eigenvalue weighted by molar-refractivity contribution is 0.608. The maximum Gasteiger partial charge on any atom is 0.179 e. The van der Waals surface area contributed by atoms with Gasteiger partial charge in [0.05, 0.1) is 16.6 Å². The number of hydrogen-bond acceptors (Lipinski definition) is 3. The van der Waals surface area contributed by atoms with Crippen molar-refractivity contribution < 1.29 is 0 Å². The molecule has 1 aliphatic rings. The zero-order valence-corrected chi connectivity index (χ0v) is 34.5. The van der Waals surface area contributed by atoms with Crippen LogP contribution in [0.15, 0.2) is 204 Å². The van der Waals surface area contributed by atoms with Gasteiger partial charge in [-0.15, -0.1) is 0 Å². The SMILES string of the molecule is CC1(C)c2ccccc2Sc2cc3c4ccc([Si](c5ccccc5)(c5ccccc5)c5ccc6c7ccccc7n7ccnc7c6c5)cc4n(-c4ccccn4)c3cc21. The van der Waals surface area contributed by atoms with Crippen LogP contribution in [0, 0.1) is 0 Å². The van der Waals surface area contributed by atoms with Crippen molar-refractivity contribution in [2.45, 2.75) is 29.1 Å². The van der Waals surface area contributed by atoms with Crippen molar-refractivity contribution in [3.05, 3.63) is 206 Å². The monoisotopic (exact) mass is 790 g/mol. The van der Waals surface area contributed by atoms with Crippen molar-refractivity contribution in [1.29, 1.82) is 0 Å². The molecule has 4 nitrogen and oxygen atoms in total. The van der Waals surface area contributed by atoms with E-state index >= 15 is 0 Å². The van der Waals surface area contributed by atoms with Gasteiger partial charge in [0, 0.05) is 55.3 Å². The van der Waals surface area contributed by atoms with Crippen LogP contribution in [0.25, 0.3) is 54.9 Å². The smallest absolute Gasteiger partial charge is 0.179 e. The average molecular weight is 791 g/mol. The summed E-state index contributed by atoms with van der Waals surface area (Å²) >= 11 is 1.89. The minimum absolute atomic E-state index is 0.160. The maximum atomic E-state index is 5.01. The second-order valence-corrected chi connectivity index (χ2v) is 21.1. The molecule has 7 aromatic carbocycles. The summed E-state index contributed by atoms with van der Waals surface area (Å²) in [4.78, 5) is 12.6. The number of benzene rings is 7. The fourth-order valence-electron chi connectivity index (χ4n) is 10.1. The highest BCUT2D eigenvalue weighted by Gasteiger charge is 2.42. The van der Waals surface area contributed by atoms with Gasteiger partial charge in [-0.25, -0.2) is 9.97 Å². The topological polar surface area (TPSA) is 35.1 Å². The van der Waals surface area contributed by atoms with Crippen LogP contribution in [0.1, 0.15) is 25.0 Å². The van der Waals surface area contributed by atoms with Gasteiger partial charge in [-0.1, -0.05) is 159 Å². The van der Waals surface area contributed by atoms with Crippen molar-refractivity contribution in [3.8, 4) is 5.82 Å². The third-order valence-corrected chi connectivity index (χ3v) is 18.7. The lowest BCUT2D eigenvalue weighted by atomic mass is 9.77. The molecule has 0 N–H and O–H groups in total. The van der Waals surface area contributed by atoms with Crippen molar-refractivity contribution in [2.24, 2.45) is 0 Å². The van der Waals surface area contributed by atoms with Crippen molar-refractivity contribution in [3.63, 3.8) is 0 Å². The van der Waals surface area contributed by atoms with E-state index in [2.05, 4.69) is 199 Å². The summed E-state index contributed by atoms with van der Waals surface area (Å²) in [6, 6.07) is 65.7. The highest BCUT2D eigenvalue weighted by atomic mass is 32.2. The number of pyridine rings is 2. The molecule has 6 heteroatoms. The van der Waals surface area contributed by atoms with Crippen molar-refractivity contribution in [2.75, 3.05) is 0 Å². The molecule has 0 saturated carbocycles. The van der Waals surface area contributed by atoms with Crippen LogP contribution in [-0.2, 0) is 5.41 Å². The van der Waals surface area contributed by atoms with Crippen LogP contribution in [0.5, 0.6) is 0 Å². The van der Waals surface area contributed by atoms with Gasteiger partial charge >= 0.3 is 0 Å². The summed E-state index contributed by atoms with van der Waals surface area (Å²) in [7, 11) is -3.01. The van der Waals surface area contributed by atoms with Gasteiger partial charge in [0.1, 0.15) is 11.5 Å². The first-order chi connectivity index (χ1) is 29.0. The van der Waals surface area contributed by atoms with E-state index in [4.69, 9.17) is 9.97 Å². The molecule has 0 fully saturated rings. The lowest BCUT2D eigenvalue weighted by Crippen LogP contribution is -2.74. The quantitative estimate of drug-likeness (QED) is 0.0990. The van der Waals surface area contributed by atoms with E-state index in [-0.39, 0.29) is 5.41 Å². The summed E-state index contributed by atoms with van der Waals surface area (Å²) in [5.41, 5.74) is 7.03. The molecule has 0 aliphatic carbocycles. The van der Waals surface area contributed by atoms with Gasteiger partial charge in [0.2, 0.25) is 0 Å². The van der Waals surface area contributed by atoms with Gasteiger partial charge in [0.25, 0.3) is 0 Å². The van der Waals surface area contributed by atoms with Crippen molar-refractivity contribution >= 4 is 89.7 Å². The minimum atomic E-state index is -3.01. The Morgan fingerprint density at radius 3 is 1.90 bits per heavy atom. The van der Waals surface area contributed by atoms with Crippen LogP contribution in [0.2, 0.25) is 0 Å². The molecule has 5 heterocycles. The standard InChI is InChI=1S/C53H38N4SSi/c1-53(2)44-20-10-12-22-49(44)58-50-33-42-41-27-25-38(32-47(41)57(48(42)34-45(50)53)51-23-13-14-28-54-51)59(35-15-5-3-6-16-35,36-17-7-4-8-18-36)37-24-26-39-40-19-9-11-21-46(40)56-30-29-55-52(56)43(39)31-37/h3-34H,1-2H3. The lowest BCUT2D eigenvalue weighted by Gasteiger charge is -2.35. The number of imidazole rings is 1. The molecule has 1 aliphatic heterocycles. The van der Waals surface area contributed by atoms with Crippen LogP contribution < -0.4 is 20.7 Å². The number of hydrogen-bond donors (Lipinski definition) is 0. The molecule has 0 atom stereocenters. The second-order valence-electron chi connectivity index (χ2n) is 16.2. The van der Waals surface area contributed by atoms with Crippen LogP contribution >= 0.6 is 11.8 Å². The Balaban J connectivity index is 1.20. The van der Waals surface area contributed by atoms with Gasteiger partial charge < -0.3 is 0 Å². The van der Waals surface area contributed by atoms with E-state index in [0.29, 0.717) is 0 Å². The Kier molecular flexibility index (Phi) is 7.50. The molecule has 11 aromatic rings. The summed E-state index contributed by atoms with van der Waals surface area (Å²) in [6.45, 7) is 4.73. The molecule has 0 spiro atoms. The molecule has 0 amide bonds. The zero-order chi connectivity index (χ0) is 39.3. The third-order valence-electron chi connectivity index (χ3n) is 12.8. The number of fused-ring (bicyclic) bond motifs is 11. The van der Waals surface area contributed by atoms with E-state index in [1.165, 1.54) is 68.7 Å². The normalized spacial score (nSPS) is 13.7. The molecule has 280 valence electrons. The molecule has 0 saturated heterocycles. The Morgan fingerprint density at radius 2 is 1.12 bits per heavy atom. The first kappa shape index (κ1) is 34.3. The van der Waals surface area contributed by atoms with E-state index in [1.54, 1.807) is 0 Å². The highest BCUT2D eigenvalue weighted by Crippen LogP contribution is 2.51. The fraction of sp³-hybridized carbons (Fsp3) is 0.0566. The predicted octanol–water partition coefficient (Wildman–Crippen LogP) is 10.3. The fourth-order valence-corrected chi connectivity index (χ4v) is 16.3. The predicted molar refractivity (Wildman–Crippen MR) is 249 cm³/mol. The summed E-state index contributed by atoms with van der Waals surface area (Å²) in [5.74, 6) is 0.914. The number of rotatable bonds is 5. The largest absolute Gasteiger partial charge is 0.299 e. The van der Waals surface area contributed by atoms with Gasteiger partial charge in [0.15, 0.2) is 8.07 Å². The van der Waals surface area contributed by atoms with Gasteiger partial charge in [-0.05, 0) is 79.7 Å². The Hall–Kier alpha value is -6.73. The Bertz CT molecular complexity index is 3410. The molecular weight excluding hydrogens is 753 g/mol. The van der Waals surface area contributed by atoms with Gasteiger partial charge in [-0.3, -0.25) is 8.97 Å². The second kappa shape index (κ2) is 12.9. The average Bonchev–Trinajstić information content (AvgIpc) is 3.91. The number of para-hydroxylation sites is 1. The molecule has 59 heavy (non-hydrogen) atoms. The minimum Gasteiger partial charge on any atom is -0.299 e. The Labute approximate surface area is 347 Å². The maximum absolute atomic E-state index is 5.01. The van der Waals surface area contributed by atoms with E-state index in [0.717, 1.165) is 27.9 Å². The molecule has 0 radical (unpaired) electrons. The van der Waals surface area contributed by atoms with E-state index in [9.17, 15) is 0 Å². The molecular formula is C53H38N4SSi. The first-order valence-corrected chi connectivity index (χ1v) is 23.0. The van der Waals surface area contributed by atoms with Gasteiger partial charge in [-0.2, -0.15) is 0 Å². The summed E-state index contributed by atoms with van der Waals surface area (Å²) in [5, 5.41) is 11.3. The molecule has 4 aromatic heterocycles. The third kappa shape index (κ3) is 4.91. The summed E-state index contributed by atoms with van der Waals surface area (Å²) in [6.07, 6.45) is 5.92. The van der Waals surface area contributed by atoms with Crippen LogP contribution in [0.3, 0.4) is 0 Å². The van der Waals surface area contributed by atoms with E-state index in [1.807, 2.05) is 30.2 Å². The highest BCUT2D eigenvalue weighted by molar-refractivity contribution is 7.99. The number of aromatic nitrogens is 4. The zero-order valence-electron chi connectivity index (χ0n) is 32.7. The first-order valence-electron chi connectivity index (χ1n) is 20.2. The Morgan fingerprint density at radius 1 is 0.458 bits per heavy atom. The van der Waals surface area contributed by atoms with Crippen molar-refractivity contribution in [1.82, 2.24) is 18.9 Å². The van der Waals surface area contributed by atoms with E-state index < -0.39 is 8.07 Å². The number of nitrogens with zero attached hydrogens (tertiary/aromatic N) is 4. The molecule has 0 unspecified atom stereocenters. The molecule has 12 rings (SSSR count). The molecule has 0 bridgehead atoms.